The zero-order valence-corrected chi connectivity index (χ0v) is 14.0. The van der Waals surface area contributed by atoms with Crippen molar-refractivity contribution in [2.75, 3.05) is 0 Å². The van der Waals surface area contributed by atoms with E-state index in [1.165, 1.54) is 24.0 Å². The van der Waals surface area contributed by atoms with Crippen LogP contribution in [0.1, 0.15) is 69.4 Å². The average Bonchev–Trinajstić information content (AvgIpc) is 3.21. The first-order valence-electron chi connectivity index (χ1n) is 8.18. The Kier molecular flexibility index (Phi) is 4.04. The minimum Gasteiger partial charge on any atom is -0.303 e. The second-order valence-electron chi connectivity index (χ2n) is 7.31. The summed E-state index contributed by atoms with van der Waals surface area (Å²) in [4.78, 5) is 4.39. The number of benzene rings is 1. The molecular formula is C18H26N4. The summed E-state index contributed by atoms with van der Waals surface area (Å²) in [5, 5.41) is 7.93. The van der Waals surface area contributed by atoms with Gasteiger partial charge in [-0.1, -0.05) is 24.3 Å². The van der Waals surface area contributed by atoms with Crippen molar-refractivity contribution in [2.24, 2.45) is 0 Å². The first-order chi connectivity index (χ1) is 10.4. The second-order valence-corrected chi connectivity index (χ2v) is 7.31. The van der Waals surface area contributed by atoms with Crippen molar-refractivity contribution in [3.8, 4) is 0 Å². The molecule has 0 saturated heterocycles. The first-order valence-corrected chi connectivity index (χ1v) is 8.18. The van der Waals surface area contributed by atoms with Crippen LogP contribution >= 0.6 is 0 Å². The molecule has 0 spiro atoms. The molecule has 0 aliphatic heterocycles. The maximum Gasteiger partial charge on any atom is 0.141 e. The average molecular weight is 298 g/mol. The Morgan fingerprint density at radius 2 is 2.09 bits per heavy atom. The van der Waals surface area contributed by atoms with E-state index in [-0.39, 0.29) is 5.54 Å². The van der Waals surface area contributed by atoms with E-state index in [9.17, 15) is 0 Å². The Bertz CT molecular complexity index is 635. The molecule has 4 nitrogen and oxygen atoms in total. The molecule has 2 aromatic rings. The molecule has 4 heteroatoms. The highest BCUT2D eigenvalue weighted by Gasteiger charge is 2.24. The quantitative estimate of drug-likeness (QED) is 0.914. The normalized spacial score (nSPS) is 16.7. The van der Waals surface area contributed by atoms with Gasteiger partial charge < -0.3 is 5.32 Å². The van der Waals surface area contributed by atoms with Gasteiger partial charge in [0.15, 0.2) is 0 Å². The molecule has 1 atom stereocenters. The number of rotatable bonds is 5. The van der Waals surface area contributed by atoms with Crippen LogP contribution in [-0.4, -0.2) is 14.8 Å². The summed E-state index contributed by atoms with van der Waals surface area (Å²) in [6, 6.07) is 9.30. The molecule has 0 amide bonds. The maximum atomic E-state index is 4.39. The summed E-state index contributed by atoms with van der Waals surface area (Å²) in [5.74, 6) is 1.79. The summed E-state index contributed by atoms with van der Waals surface area (Å²) < 4.78 is 1.99. The minimum atomic E-state index is -0.0390. The van der Waals surface area contributed by atoms with Crippen LogP contribution in [0.3, 0.4) is 0 Å². The lowest BCUT2D eigenvalue weighted by Gasteiger charge is -2.22. The van der Waals surface area contributed by atoms with Gasteiger partial charge in [0, 0.05) is 6.04 Å². The largest absolute Gasteiger partial charge is 0.303 e. The predicted octanol–water partition coefficient (Wildman–Crippen LogP) is 3.76. The van der Waals surface area contributed by atoms with Crippen molar-refractivity contribution < 1.29 is 0 Å². The van der Waals surface area contributed by atoms with E-state index in [0.717, 1.165) is 18.3 Å². The van der Waals surface area contributed by atoms with Gasteiger partial charge in [-0.05, 0) is 57.6 Å². The Labute approximate surface area is 133 Å². The van der Waals surface area contributed by atoms with Crippen molar-refractivity contribution in [3.63, 3.8) is 0 Å². The zero-order valence-electron chi connectivity index (χ0n) is 14.0. The summed E-state index contributed by atoms with van der Waals surface area (Å²) in [6.07, 6.45) is 4.33. The van der Waals surface area contributed by atoms with Gasteiger partial charge in [-0.15, -0.1) is 0 Å². The van der Waals surface area contributed by atoms with E-state index >= 15 is 0 Å². The lowest BCUT2D eigenvalue weighted by molar-refractivity contribution is 0.335. The highest BCUT2D eigenvalue weighted by Crippen LogP contribution is 2.40. The third kappa shape index (κ3) is 3.38. The molecule has 1 N–H and O–H groups in total. The highest BCUT2D eigenvalue weighted by atomic mass is 15.4. The Morgan fingerprint density at radius 3 is 2.77 bits per heavy atom. The third-order valence-corrected chi connectivity index (χ3v) is 4.28. The maximum absolute atomic E-state index is 4.39. The van der Waals surface area contributed by atoms with E-state index in [1.54, 1.807) is 6.33 Å². The Balaban J connectivity index is 1.66. The van der Waals surface area contributed by atoms with Gasteiger partial charge in [0.05, 0.1) is 12.1 Å². The lowest BCUT2D eigenvalue weighted by atomic mass is 10.0. The summed E-state index contributed by atoms with van der Waals surface area (Å²) in [5.41, 5.74) is 2.80. The highest BCUT2D eigenvalue weighted by molar-refractivity contribution is 5.30. The van der Waals surface area contributed by atoms with Crippen LogP contribution in [-0.2, 0) is 12.1 Å². The van der Waals surface area contributed by atoms with E-state index in [2.05, 4.69) is 67.4 Å². The molecule has 1 aromatic heterocycles. The van der Waals surface area contributed by atoms with Crippen molar-refractivity contribution in [1.82, 2.24) is 20.1 Å². The van der Waals surface area contributed by atoms with Crippen LogP contribution in [0.25, 0.3) is 0 Å². The topological polar surface area (TPSA) is 42.7 Å². The minimum absolute atomic E-state index is 0.0390. The van der Waals surface area contributed by atoms with E-state index in [0.29, 0.717) is 6.04 Å². The van der Waals surface area contributed by atoms with Gasteiger partial charge in [0.25, 0.3) is 0 Å². The molecule has 0 radical (unpaired) electrons. The van der Waals surface area contributed by atoms with Crippen LogP contribution in [0.2, 0.25) is 0 Å². The summed E-state index contributed by atoms with van der Waals surface area (Å²) in [7, 11) is 0. The van der Waals surface area contributed by atoms with Gasteiger partial charge in [0.1, 0.15) is 12.2 Å². The van der Waals surface area contributed by atoms with Crippen LogP contribution in [0, 0.1) is 0 Å². The second kappa shape index (κ2) is 5.84. The number of aromatic nitrogens is 3. The van der Waals surface area contributed by atoms with E-state index in [4.69, 9.17) is 0 Å². The van der Waals surface area contributed by atoms with Crippen LogP contribution < -0.4 is 5.32 Å². The van der Waals surface area contributed by atoms with Crippen molar-refractivity contribution in [1.29, 1.82) is 0 Å². The summed E-state index contributed by atoms with van der Waals surface area (Å²) >= 11 is 0. The Morgan fingerprint density at radius 1 is 1.32 bits per heavy atom. The molecule has 1 fully saturated rings. The fourth-order valence-electron chi connectivity index (χ4n) is 2.81. The fraction of sp³-hybridized carbons (Fsp3) is 0.556. The van der Waals surface area contributed by atoms with Crippen molar-refractivity contribution in [2.45, 2.75) is 64.6 Å². The molecule has 1 saturated carbocycles. The van der Waals surface area contributed by atoms with Crippen LogP contribution in [0.15, 0.2) is 30.6 Å². The SMILES string of the molecule is CC(NCc1ncnn1C(C)(C)C)c1cccc(C2CC2)c1. The zero-order chi connectivity index (χ0) is 15.7. The van der Waals surface area contributed by atoms with E-state index < -0.39 is 0 Å². The van der Waals surface area contributed by atoms with E-state index in [1.807, 2.05) is 4.68 Å². The molecule has 1 aliphatic rings. The third-order valence-electron chi connectivity index (χ3n) is 4.28. The van der Waals surface area contributed by atoms with Gasteiger partial charge in [0.2, 0.25) is 0 Å². The predicted molar refractivity (Wildman–Crippen MR) is 88.7 cm³/mol. The fourth-order valence-corrected chi connectivity index (χ4v) is 2.81. The van der Waals surface area contributed by atoms with Gasteiger partial charge in [-0.3, -0.25) is 0 Å². The van der Waals surface area contributed by atoms with Crippen LogP contribution in [0.4, 0.5) is 0 Å². The molecule has 0 bridgehead atoms. The van der Waals surface area contributed by atoms with Gasteiger partial charge >= 0.3 is 0 Å². The number of hydrogen-bond acceptors (Lipinski definition) is 3. The van der Waals surface area contributed by atoms with Crippen LogP contribution in [0.5, 0.6) is 0 Å². The molecule has 118 valence electrons. The molecule has 22 heavy (non-hydrogen) atoms. The smallest absolute Gasteiger partial charge is 0.141 e. The molecule has 1 aromatic carbocycles. The summed E-state index contributed by atoms with van der Waals surface area (Å²) in [6.45, 7) is 9.38. The van der Waals surface area contributed by atoms with Gasteiger partial charge in [-0.25, -0.2) is 9.67 Å². The standard InChI is InChI=1S/C18H26N4/c1-13(15-6-5-7-16(10-15)14-8-9-14)19-11-17-20-12-21-22(17)18(2,3)4/h5-7,10,12-14,19H,8-9,11H2,1-4H3. The molecule has 1 heterocycles. The Hall–Kier alpha value is -1.68. The molecule has 3 rings (SSSR count). The number of nitrogens with one attached hydrogen (secondary N) is 1. The number of nitrogens with zero attached hydrogens (tertiary/aromatic N) is 3. The monoisotopic (exact) mass is 298 g/mol. The van der Waals surface area contributed by atoms with Crippen molar-refractivity contribution >= 4 is 0 Å². The first kappa shape index (κ1) is 15.2. The van der Waals surface area contributed by atoms with Crippen molar-refractivity contribution in [3.05, 3.63) is 47.5 Å². The number of hydrogen-bond donors (Lipinski definition) is 1. The molecule has 1 aliphatic carbocycles. The lowest BCUT2D eigenvalue weighted by Crippen LogP contribution is -2.29. The molecule has 1 unspecified atom stereocenters. The van der Waals surface area contributed by atoms with Gasteiger partial charge in [-0.2, -0.15) is 5.10 Å². The molecular weight excluding hydrogens is 272 g/mol.